The number of ether oxygens (including phenoxy) is 1. The van der Waals surface area contributed by atoms with E-state index in [1.54, 1.807) is 0 Å². The van der Waals surface area contributed by atoms with Crippen LogP contribution >= 0.6 is 0 Å². The molecule has 33 heavy (non-hydrogen) atoms. The summed E-state index contributed by atoms with van der Waals surface area (Å²) < 4.78 is 5.53. The lowest BCUT2D eigenvalue weighted by atomic mass is 9.89. The molecule has 2 atom stereocenters. The molecule has 194 valence electrons. The van der Waals surface area contributed by atoms with Crippen molar-refractivity contribution in [3.63, 3.8) is 0 Å². The highest BCUT2D eigenvalue weighted by Crippen LogP contribution is 2.26. The molecule has 0 unspecified atom stereocenters. The van der Waals surface area contributed by atoms with Gasteiger partial charge in [0, 0.05) is 13.0 Å². The Balaban J connectivity index is 1.79. The molecular formula is C29H55NO3. The summed E-state index contributed by atoms with van der Waals surface area (Å²) in [4.78, 5) is 23.9. The summed E-state index contributed by atoms with van der Waals surface area (Å²) in [7, 11) is 0. The van der Waals surface area contributed by atoms with Crippen LogP contribution in [-0.4, -0.2) is 24.5 Å². The molecule has 1 aliphatic carbocycles. The van der Waals surface area contributed by atoms with Crippen LogP contribution < -0.4 is 5.32 Å². The van der Waals surface area contributed by atoms with Crippen LogP contribution in [0.3, 0.4) is 0 Å². The Morgan fingerprint density at radius 2 is 1.24 bits per heavy atom. The van der Waals surface area contributed by atoms with E-state index in [9.17, 15) is 9.59 Å². The van der Waals surface area contributed by atoms with Gasteiger partial charge in [0.2, 0.25) is 5.91 Å². The number of rotatable bonds is 21. The number of carbonyl (C=O) groups excluding carboxylic acids is 2. The van der Waals surface area contributed by atoms with E-state index >= 15 is 0 Å². The fraction of sp³-hybridized carbons (Fsp3) is 0.931. The first-order valence-corrected chi connectivity index (χ1v) is 14.6. The van der Waals surface area contributed by atoms with Gasteiger partial charge in [0.05, 0.1) is 6.42 Å². The van der Waals surface area contributed by atoms with Gasteiger partial charge in [-0.05, 0) is 31.6 Å². The smallest absolute Gasteiger partial charge is 0.306 e. The minimum Gasteiger partial charge on any atom is -0.462 e. The number of nitrogens with one attached hydrogen (secondary N) is 1. The van der Waals surface area contributed by atoms with Gasteiger partial charge in [0.25, 0.3) is 0 Å². The lowest BCUT2D eigenvalue weighted by molar-refractivity contribution is -0.152. The third-order valence-corrected chi connectivity index (χ3v) is 7.10. The van der Waals surface area contributed by atoms with Gasteiger partial charge in [-0.3, -0.25) is 9.59 Å². The fourth-order valence-corrected chi connectivity index (χ4v) is 4.94. The van der Waals surface area contributed by atoms with Crippen molar-refractivity contribution in [1.29, 1.82) is 0 Å². The average molecular weight is 466 g/mol. The number of carbonyl (C=O) groups is 2. The SMILES string of the molecule is CCCCCCCCCCCCCCCCCCNC(=O)CCC(=O)O[C@H]1CCC[C@@H](C)C1. The molecule has 1 fully saturated rings. The van der Waals surface area contributed by atoms with Crippen molar-refractivity contribution in [3.8, 4) is 0 Å². The van der Waals surface area contributed by atoms with Crippen molar-refractivity contribution in [3.05, 3.63) is 0 Å². The van der Waals surface area contributed by atoms with Crippen molar-refractivity contribution in [2.45, 2.75) is 161 Å². The van der Waals surface area contributed by atoms with Crippen LogP contribution in [0.4, 0.5) is 0 Å². The van der Waals surface area contributed by atoms with Gasteiger partial charge in [-0.1, -0.05) is 117 Å². The maximum Gasteiger partial charge on any atom is 0.306 e. The summed E-state index contributed by atoms with van der Waals surface area (Å²) >= 11 is 0. The molecule has 4 nitrogen and oxygen atoms in total. The molecule has 0 aromatic heterocycles. The van der Waals surface area contributed by atoms with Gasteiger partial charge in [-0.15, -0.1) is 0 Å². The van der Waals surface area contributed by atoms with Crippen molar-refractivity contribution in [2.75, 3.05) is 6.54 Å². The normalized spacial score (nSPS) is 18.2. The molecule has 1 N–H and O–H groups in total. The van der Waals surface area contributed by atoms with Gasteiger partial charge in [0.15, 0.2) is 0 Å². The van der Waals surface area contributed by atoms with Crippen LogP contribution in [0.25, 0.3) is 0 Å². The monoisotopic (exact) mass is 465 g/mol. The maximum atomic E-state index is 12.0. The van der Waals surface area contributed by atoms with E-state index in [1.165, 1.54) is 103 Å². The highest BCUT2D eigenvalue weighted by Gasteiger charge is 2.22. The summed E-state index contributed by atoms with van der Waals surface area (Å²) in [5.41, 5.74) is 0. The second-order valence-electron chi connectivity index (χ2n) is 10.5. The van der Waals surface area contributed by atoms with Crippen LogP contribution in [0.2, 0.25) is 0 Å². The molecule has 4 heteroatoms. The number of amides is 1. The van der Waals surface area contributed by atoms with Gasteiger partial charge < -0.3 is 10.1 Å². The van der Waals surface area contributed by atoms with Crippen LogP contribution in [0.5, 0.6) is 0 Å². The Kier molecular flexibility index (Phi) is 19.5. The Morgan fingerprint density at radius 1 is 0.727 bits per heavy atom. The predicted octanol–water partition coefficient (Wildman–Crippen LogP) is 8.27. The quantitative estimate of drug-likeness (QED) is 0.137. The fourth-order valence-electron chi connectivity index (χ4n) is 4.94. The molecule has 0 aromatic rings. The first-order chi connectivity index (χ1) is 16.1. The standard InChI is InChI=1S/C29H55NO3/c1-3-4-5-6-7-8-9-10-11-12-13-14-15-16-17-18-24-30-28(31)22-23-29(32)33-27-21-19-20-26(2)25-27/h26-27H,3-25H2,1-2H3,(H,30,31)/t26-,27+/m1/s1. The zero-order valence-corrected chi connectivity index (χ0v) is 22.1. The van der Waals surface area contributed by atoms with Crippen LogP contribution in [0.15, 0.2) is 0 Å². The molecular weight excluding hydrogens is 410 g/mol. The van der Waals surface area contributed by atoms with Gasteiger partial charge >= 0.3 is 5.97 Å². The molecule has 0 heterocycles. The second kappa shape index (κ2) is 21.5. The number of hydrogen-bond donors (Lipinski definition) is 1. The summed E-state index contributed by atoms with van der Waals surface area (Å²) in [6.45, 7) is 5.22. The van der Waals surface area contributed by atoms with Crippen LogP contribution in [0, 0.1) is 5.92 Å². The third kappa shape index (κ3) is 19.0. The number of hydrogen-bond acceptors (Lipinski definition) is 3. The van der Waals surface area contributed by atoms with E-state index in [0.717, 1.165) is 32.2 Å². The van der Waals surface area contributed by atoms with Gasteiger partial charge in [0.1, 0.15) is 6.10 Å². The second-order valence-corrected chi connectivity index (χ2v) is 10.5. The molecule has 1 amide bonds. The van der Waals surface area contributed by atoms with Crippen molar-refractivity contribution in [1.82, 2.24) is 5.32 Å². The molecule has 0 aromatic carbocycles. The summed E-state index contributed by atoms with van der Waals surface area (Å²) in [6.07, 6.45) is 26.5. The summed E-state index contributed by atoms with van der Waals surface area (Å²) in [5, 5.41) is 2.95. The van der Waals surface area contributed by atoms with Crippen molar-refractivity contribution >= 4 is 11.9 Å². The Hall–Kier alpha value is -1.06. The van der Waals surface area contributed by atoms with E-state index in [1.807, 2.05) is 0 Å². The van der Waals surface area contributed by atoms with E-state index in [4.69, 9.17) is 4.74 Å². The molecule has 0 radical (unpaired) electrons. The zero-order valence-electron chi connectivity index (χ0n) is 22.1. The summed E-state index contributed by atoms with van der Waals surface area (Å²) in [6, 6.07) is 0. The minimum absolute atomic E-state index is 0.0232. The molecule has 0 saturated heterocycles. The zero-order chi connectivity index (χ0) is 24.0. The van der Waals surface area contributed by atoms with Gasteiger partial charge in [-0.25, -0.2) is 0 Å². The highest BCUT2D eigenvalue weighted by atomic mass is 16.5. The molecule has 1 aliphatic rings. The minimum atomic E-state index is -0.216. The van der Waals surface area contributed by atoms with Crippen LogP contribution in [0.1, 0.15) is 155 Å². The topological polar surface area (TPSA) is 55.4 Å². The van der Waals surface area contributed by atoms with Gasteiger partial charge in [-0.2, -0.15) is 0 Å². The van der Waals surface area contributed by atoms with E-state index in [2.05, 4.69) is 19.2 Å². The van der Waals surface area contributed by atoms with Crippen LogP contribution in [-0.2, 0) is 14.3 Å². The number of esters is 1. The van der Waals surface area contributed by atoms with Crippen molar-refractivity contribution < 1.29 is 14.3 Å². The average Bonchev–Trinajstić information content (AvgIpc) is 2.79. The maximum absolute atomic E-state index is 12.0. The highest BCUT2D eigenvalue weighted by molar-refractivity contribution is 5.81. The molecule has 0 bridgehead atoms. The Bertz CT molecular complexity index is 479. The molecule has 1 rings (SSSR count). The molecule has 0 aliphatic heterocycles. The lowest BCUT2D eigenvalue weighted by Crippen LogP contribution is -2.27. The first kappa shape index (κ1) is 30.0. The molecule has 1 saturated carbocycles. The predicted molar refractivity (Wildman–Crippen MR) is 139 cm³/mol. The van der Waals surface area contributed by atoms with E-state index < -0.39 is 0 Å². The lowest BCUT2D eigenvalue weighted by Gasteiger charge is -2.26. The first-order valence-electron chi connectivity index (χ1n) is 14.6. The van der Waals surface area contributed by atoms with E-state index in [-0.39, 0.29) is 30.8 Å². The third-order valence-electron chi connectivity index (χ3n) is 7.10. The Labute approximate surface area is 205 Å². The Morgan fingerprint density at radius 3 is 1.76 bits per heavy atom. The number of unbranched alkanes of at least 4 members (excludes halogenated alkanes) is 15. The summed E-state index contributed by atoms with van der Waals surface area (Å²) in [5.74, 6) is 0.399. The van der Waals surface area contributed by atoms with E-state index in [0.29, 0.717) is 5.92 Å². The van der Waals surface area contributed by atoms with Crippen molar-refractivity contribution in [2.24, 2.45) is 5.92 Å². The molecule has 0 spiro atoms. The largest absolute Gasteiger partial charge is 0.462 e.